The molecule has 23 heteroatoms. The van der Waals surface area contributed by atoms with E-state index in [1.54, 1.807) is 0 Å². The molecule has 1 aromatic heterocycles. The zero-order valence-corrected chi connectivity index (χ0v) is 36.5. The van der Waals surface area contributed by atoms with E-state index in [-0.39, 0.29) is 5.78 Å². The molecule has 0 N–H and O–H groups in total. The lowest BCUT2D eigenvalue weighted by atomic mass is 9.12. The Labute approximate surface area is 390 Å². The van der Waals surface area contributed by atoms with E-state index in [4.69, 9.17) is 0 Å². The van der Waals surface area contributed by atoms with Gasteiger partial charge in [0.05, 0.1) is 0 Å². The van der Waals surface area contributed by atoms with E-state index in [1.807, 2.05) is 42.6 Å². The molecule has 0 amide bonds. The van der Waals surface area contributed by atoms with E-state index in [0.717, 1.165) is 18.7 Å². The number of pyridine rings is 1. The summed E-state index contributed by atoms with van der Waals surface area (Å²) >= 11 is 0. The average molecular weight is 1030 g/mol. The van der Waals surface area contributed by atoms with Gasteiger partial charge in [-0.1, -0.05) is 88.6 Å². The van der Waals surface area contributed by atoms with Crippen LogP contribution >= 0.6 is 0 Å². The predicted octanol–water partition coefficient (Wildman–Crippen LogP) is 12.0. The number of ketones is 1. The number of nitrogens with zero attached hydrogens (tertiary/aromatic N) is 1. The highest BCUT2D eigenvalue weighted by Gasteiger charge is 2.52. The summed E-state index contributed by atoms with van der Waals surface area (Å²) in [4.78, 5) is 12.6. The molecule has 0 aliphatic carbocycles. The van der Waals surface area contributed by atoms with Gasteiger partial charge in [0.1, 0.15) is 52.7 Å². The third-order valence-corrected chi connectivity index (χ3v) is 11.6. The number of benzene rings is 5. The fraction of sp³-hybridized carbons (Fsp3) is 0.250. The molecule has 380 valence electrons. The molecule has 71 heavy (non-hydrogen) atoms. The molecule has 6 aromatic rings. The van der Waals surface area contributed by atoms with Crippen LogP contribution in [0, 0.1) is 116 Å². The lowest BCUT2D eigenvalue weighted by molar-refractivity contribution is -0.690. The number of hydrogen-bond acceptors (Lipinski definition) is 1. The van der Waals surface area contributed by atoms with Crippen molar-refractivity contribution in [1.82, 2.24) is 0 Å². The summed E-state index contributed by atoms with van der Waals surface area (Å²) in [7, 11) is 0. The number of aromatic nitrogens is 1. The Bertz CT molecular complexity index is 2570. The van der Waals surface area contributed by atoms with Gasteiger partial charge < -0.3 is 0 Å². The molecule has 0 spiro atoms. The minimum absolute atomic E-state index is 0.268. The summed E-state index contributed by atoms with van der Waals surface area (Å²) in [5, 5.41) is 0. The molecule has 1 heterocycles. The van der Waals surface area contributed by atoms with Crippen LogP contribution in [0.2, 0.25) is 0 Å². The molecule has 0 unspecified atom stereocenters. The SMILES string of the molecule is CCCCCCCCCCCC(=O)c1cccc[n+]1Cc1ccccc1.Fc1c(F)c(F)c([B-](c2c(F)c(F)c(F)c(F)c2F)(c2c(F)c(F)c(F)c(F)c2F)c2c(F)c(F)c(F)c(F)c2F)c(F)c1F. The number of rotatable bonds is 17. The van der Waals surface area contributed by atoms with Crippen LogP contribution in [0.1, 0.15) is 87.2 Å². The van der Waals surface area contributed by atoms with Gasteiger partial charge in [-0.05, 0) is 12.5 Å². The molecule has 0 saturated heterocycles. The van der Waals surface area contributed by atoms with Gasteiger partial charge in [0.15, 0.2) is 82.5 Å². The van der Waals surface area contributed by atoms with E-state index in [0.29, 0.717) is 6.42 Å². The summed E-state index contributed by atoms with van der Waals surface area (Å²) in [5.41, 5.74) is -12.3. The smallest absolute Gasteiger partial charge is 0.248 e. The van der Waals surface area contributed by atoms with Crippen molar-refractivity contribution in [2.45, 2.75) is 77.7 Å². The number of carbonyl (C=O) groups excluding carboxylic acids is 1. The first-order valence-electron chi connectivity index (χ1n) is 21.3. The standard InChI is InChI=1S/C24BF20.C24H34NO/c26-5-1(6(27)14(35)21(42)13(5)34)25(2-7(28)15(36)22(43)16(37)8(2)29,3-9(30)17(38)23(44)18(39)10(3)31)4-11(32)19(40)24(45)20(41)12(4)33;1-2-3-4-5-6-7-8-9-13-19-24(26)23-18-14-15-20-25(23)21-22-16-11-10-12-17-22/h;10-12,14-18,20H,2-9,13,19,21H2,1H3/q-1;+1. The van der Waals surface area contributed by atoms with Crippen LogP contribution in [0.4, 0.5) is 87.8 Å². The van der Waals surface area contributed by atoms with Crippen molar-refractivity contribution in [3.8, 4) is 0 Å². The Kier molecular flexibility index (Phi) is 18.1. The van der Waals surface area contributed by atoms with Crippen LogP contribution in [0.3, 0.4) is 0 Å². The third-order valence-electron chi connectivity index (χ3n) is 11.6. The maximum atomic E-state index is 15.4. The van der Waals surface area contributed by atoms with Gasteiger partial charge in [-0.15, -0.1) is 21.9 Å². The summed E-state index contributed by atoms with van der Waals surface area (Å²) < 4.78 is 296. The minimum atomic E-state index is -7.22. The summed E-state index contributed by atoms with van der Waals surface area (Å²) in [6.07, 6.45) is 7.00. The highest BCUT2D eigenvalue weighted by Crippen LogP contribution is 2.31. The Balaban J connectivity index is 0.000000306. The molecule has 0 aliphatic heterocycles. The van der Waals surface area contributed by atoms with Crippen molar-refractivity contribution in [2.24, 2.45) is 0 Å². The van der Waals surface area contributed by atoms with Gasteiger partial charge in [0.2, 0.25) is 11.5 Å². The third kappa shape index (κ3) is 10.5. The Morgan fingerprint density at radius 2 is 0.648 bits per heavy atom. The highest BCUT2D eigenvalue weighted by atomic mass is 19.2. The molecular weight excluding hydrogens is 997 g/mol. The quantitative estimate of drug-likeness (QED) is 0.0170. The van der Waals surface area contributed by atoms with Crippen molar-refractivity contribution in [1.29, 1.82) is 0 Å². The molecule has 5 aromatic carbocycles. The second-order valence-corrected chi connectivity index (χ2v) is 16.0. The van der Waals surface area contributed by atoms with Crippen LogP contribution in [-0.4, -0.2) is 11.9 Å². The zero-order chi connectivity index (χ0) is 52.8. The molecule has 0 saturated carbocycles. The van der Waals surface area contributed by atoms with Gasteiger partial charge >= 0.3 is 0 Å². The zero-order valence-electron chi connectivity index (χ0n) is 36.5. The molecular formula is C48H34BF20NO. The van der Waals surface area contributed by atoms with Crippen LogP contribution in [0.5, 0.6) is 0 Å². The first-order valence-corrected chi connectivity index (χ1v) is 21.3. The van der Waals surface area contributed by atoms with Gasteiger partial charge in [0.25, 0.3) is 0 Å². The summed E-state index contributed by atoms with van der Waals surface area (Å²) in [5.74, 6) is -71.1. The van der Waals surface area contributed by atoms with Crippen LogP contribution in [-0.2, 0) is 6.54 Å². The molecule has 0 aliphatic rings. The van der Waals surface area contributed by atoms with Crippen LogP contribution in [0.15, 0.2) is 54.7 Å². The number of unbranched alkanes of at least 4 members (excludes halogenated alkanes) is 8. The van der Waals surface area contributed by atoms with Crippen molar-refractivity contribution in [2.75, 3.05) is 0 Å². The van der Waals surface area contributed by atoms with Gasteiger partial charge in [-0.2, -0.15) is 4.57 Å². The highest BCUT2D eigenvalue weighted by molar-refractivity contribution is 7.20. The van der Waals surface area contributed by atoms with Crippen LogP contribution in [0.25, 0.3) is 0 Å². The van der Waals surface area contributed by atoms with Gasteiger partial charge in [-0.3, -0.25) is 4.79 Å². The van der Waals surface area contributed by atoms with Crippen molar-refractivity contribution in [3.05, 3.63) is 182 Å². The number of Topliss-reactive ketones (excluding diaryl/α,β-unsaturated/α-hetero) is 1. The summed E-state index contributed by atoms with van der Waals surface area (Å²) in [6, 6.07) is 16.2. The van der Waals surface area contributed by atoms with Gasteiger partial charge in [0, 0.05) is 24.1 Å². The molecule has 0 fully saturated rings. The lowest BCUT2D eigenvalue weighted by Gasteiger charge is -2.44. The molecule has 0 radical (unpaired) electrons. The lowest BCUT2D eigenvalue weighted by Crippen LogP contribution is -2.81. The van der Waals surface area contributed by atoms with Crippen molar-refractivity contribution >= 4 is 33.8 Å². The molecule has 6 rings (SSSR count). The maximum Gasteiger partial charge on any atom is 0.248 e. The Hall–Kier alpha value is -6.42. The number of hydrogen-bond donors (Lipinski definition) is 0. The topological polar surface area (TPSA) is 20.9 Å². The van der Waals surface area contributed by atoms with E-state index in [1.165, 1.54) is 56.9 Å². The second-order valence-electron chi connectivity index (χ2n) is 16.0. The van der Waals surface area contributed by atoms with Crippen molar-refractivity contribution in [3.63, 3.8) is 0 Å². The largest absolute Gasteiger partial charge is 0.287 e. The number of halogens is 20. The fourth-order valence-electron chi connectivity index (χ4n) is 8.25. The normalized spacial score (nSPS) is 11.6. The molecule has 0 bridgehead atoms. The first-order chi connectivity index (χ1) is 33.5. The van der Waals surface area contributed by atoms with E-state index < -0.39 is 144 Å². The molecule has 2 nitrogen and oxygen atoms in total. The Morgan fingerprint density at radius 3 is 0.972 bits per heavy atom. The molecule has 0 atom stereocenters. The maximum absolute atomic E-state index is 15.4. The van der Waals surface area contributed by atoms with E-state index in [2.05, 4.69) is 23.6 Å². The Morgan fingerprint density at radius 1 is 0.366 bits per heavy atom. The van der Waals surface area contributed by atoms with E-state index in [9.17, 15) is 57.5 Å². The second kappa shape index (κ2) is 23.2. The fourth-order valence-corrected chi connectivity index (χ4v) is 8.25. The van der Waals surface area contributed by atoms with Gasteiger partial charge in [-0.25, -0.2) is 87.8 Å². The van der Waals surface area contributed by atoms with E-state index >= 15 is 35.1 Å². The summed E-state index contributed by atoms with van der Waals surface area (Å²) in [6.45, 7) is 3.01. The first kappa shape index (κ1) is 55.5. The number of carbonyl (C=O) groups is 1. The minimum Gasteiger partial charge on any atom is -0.287 e. The average Bonchev–Trinajstić information content (AvgIpc) is 3.36. The monoisotopic (exact) mass is 1030 g/mol. The predicted molar refractivity (Wildman–Crippen MR) is 218 cm³/mol. The van der Waals surface area contributed by atoms with Crippen molar-refractivity contribution < 1.29 is 97.2 Å². The van der Waals surface area contributed by atoms with Crippen LogP contribution < -0.4 is 26.4 Å².